The minimum atomic E-state index is -0.677. The fourth-order valence-electron chi connectivity index (χ4n) is 1.45. The molecule has 108 valence electrons. The summed E-state index contributed by atoms with van der Waals surface area (Å²) in [5.41, 5.74) is 1.28. The Bertz CT molecular complexity index is 512. The predicted molar refractivity (Wildman–Crippen MR) is 73.3 cm³/mol. The van der Waals surface area contributed by atoms with E-state index in [0.717, 1.165) is 5.56 Å². The topological polar surface area (TPSA) is 84.5 Å². The lowest BCUT2D eigenvalue weighted by Gasteiger charge is -2.09. The van der Waals surface area contributed by atoms with E-state index in [2.05, 4.69) is 10.6 Å². The molecule has 0 atom stereocenters. The molecular weight excluding hydrogens is 260 g/mol. The second kappa shape index (κ2) is 7.28. The third kappa shape index (κ3) is 5.51. The number of urea groups is 1. The van der Waals surface area contributed by atoms with E-state index >= 15 is 0 Å². The van der Waals surface area contributed by atoms with Crippen molar-refractivity contribution in [1.29, 1.82) is 0 Å². The van der Waals surface area contributed by atoms with Crippen LogP contribution in [0.3, 0.4) is 0 Å². The Labute approximate surface area is 117 Å². The van der Waals surface area contributed by atoms with Gasteiger partial charge in [0.15, 0.2) is 6.61 Å². The Morgan fingerprint density at radius 3 is 2.55 bits per heavy atom. The number of esters is 1. The molecule has 1 aromatic carbocycles. The standard InChI is InChI=1S/C14H18N2O4/c1-9(2)15-14(19)16-12(17)8-20-13(18)11-6-4-5-10(3)7-11/h4-7,9H,8H2,1-3H3,(H2,15,16,17,19). The summed E-state index contributed by atoms with van der Waals surface area (Å²) in [5, 5.41) is 4.55. The Kier molecular flexibility index (Phi) is 5.71. The highest BCUT2D eigenvalue weighted by atomic mass is 16.5. The second-order valence-corrected chi connectivity index (χ2v) is 4.62. The van der Waals surface area contributed by atoms with Gasteiger partial charge < -0.3 is 10.1 Å². The van der Waals surface area contributed by atoms with Crippen LogP contribution in [-0.4, -0.2) is 30.6 Å². The third-order valence-corrected chi connectivity index (χ3v) is 2.26. The summed E-state index contributed by atoms with van der Waals surface area (Å²) in [6.45, 7) is 4.88. The minimum Gasteiger partial charge on any atom is -0.452 e. The molecule has 0 saturated heterocycles. The fourth-order valence-corrected chi connectivity index (χ4v) is 1.45. The van der Waals surface area contributed by atoms with Crippen molar-refractivity contribution in [2.24, 2.45) is 0 Å². The van der Waals surface area contributed by atoms with Gasteiger partial charge >= 0.3 is 12.0 Å². The molecule has 6 heteroatoms. The van der Waals surface area contributed by atoms with Crippen LogP contribution in [0.1, 0.15) is 29.8 Å². The summed E-state index contributed by atoms with van der Waals surface area (Å²) >= 11 is 0. The number of rotatable bonds is 4. The Balaban J connectivity index is 2.41. The van der Waals surface area contributed by atoms with Crippen molar-refractivity contribution in [3.05, 3.63) is 35.4 Å². The van der Waals surface area contributed by atoms with E-state index < -0.39 is 24.5 Å². The SMILES string of the molecule is Cc1cccc(C(=O)OCC(=O)NC(=O)NC(C)C)c1. The molecule has 0 aromatic heterocycles. The van der Waals surface area contributed by atoms with Crippen molar-refractivity contribution < 1.29 is 19.1 Å². The molecule has 1 rings (SSSR count). The molecule has 0 aliphatic rings. The van der Waals surface area contributed by atoms with Crippen LogP contribution in [0.25, 0.3) is 0 Å². The number of imide groups is 1. The minimum absolute atomic E-state index is 0.0855. The summed E-state index contributed by atoms with van der Waals surface area (Å²) < 4.78 is 4.82. The average Bonchev–Trinajstić information content (AvgIpc) is 2.34. The average molecular weight is 278 g/mol. The van der Waals surface area contributed by atoms with E-state index in [9.17, 15) is 14.4 Å². The van der Waals surface area contributed by atoms with E-state index in [1.807, 2.05) is 13.0 Å². The number of nitrogens with one attached hydrogen (secondary N) is 2. The van der Waals surface area contributed by atoms with Crippen LogP contribution >= 0.6 is 0 Å². The molecule has 0 spiro atoms. The van der Waals surface area contributed by atoms with Gasteiger partial charge in [0.25, 0.3) is 5.91 Å². The molecule has 3 amide bonds. The van der Waals surface area contributed by atoms with Crippen LogP contribution in [0.2, 0.25) is 0 Å². The Morgan fingerprint density at radius 1 is 1.25 bits per heavy atom. The number of hydrogen-bond acceptors (Lipinski definition) is 4. The second-order valence-electron chi connectivity index (χ2n) is 4.62. The molecule has 2 N–H and O–H groups in total. The van der Waals surface area contributed by atoms with Crippen LogP contribution < -0.4 is 10.6 Å². The Hall–Kier alpha value is -2.37. The largest absolute Gasteiger partial charge is 0.452 e. The van der Waals surface area contributed by atoms with Gasteiger partial charge in [0.05, 0.1) is 5.56 Å². The first-order valence-corrected chi connectivity index (χ1v) is 6.22. The van der Waals surface area contributed by atoms with E-state index in [1.165, 1.54) is 0 Å². The van der Waals surface area contributed by atoms with E-state index in [1.54, 1.807) is 32.0 Å². The van der Waals surface area contributed by atoms with Gasteiger partial charge in [-0.1, -0.05) is 17.7 Å². The third-order valence-electron chi connectivity index (χ3n) is 2.26. The zero-order valence-electron chi connectivity index (χ0n) is 11.7. The number of amides is 3. The molecule has 0 heterocycles. The number of carbonyl (C=O) groups is 3. The first kappa shape index (κ1) is 15.7. The van der Waals surface area contributed by atoms with Gasteiger partial charge in [-0.3, -0.25) is 10.1 Å². The van der Waals surface area contributed by atoms with Crippen molar-refractivity contribution in [2.45, 2.75) is 26.8 Å². The van der Waals surface area contributed by atoms with Gasteiger partial charge in [0.2, 0.25) is 0 Å². The number of carbonyl (C=O) groups excluding carboxylic acids is 3. The molecule has 0 aliphatic carbocycles. The summed E-state index contributed by atoms with van der Waals surface area (Å²) in [6, 6.07) is 6.13. The molecule has 0 radical (unpaired) electrons. The maximum atomic E-state index is 11.7. The van der Waals surface area contributed by atoms with Crippen LogP contribution in [0.15, 0.2) is 24.3 Å². The zero-order valence-corrected chi connectivity index (χ0v) is 11.7. The zero-order chi connectivity index (χ0) is 15.1. The first-order chi connectivity index (χ1) is 9.38. The fraction of sp³-hybridized carbons (Fsp3) is 0.357. The lowest BCUT2D eigenvalue weighted by molar-refractivity contribution is -0.123. The molecule has 0 fully saturated rings. The molecule has 6 nitrogen and oxygen atoms in total. The molecular formula is C14H18N2O4. The lowest BCUT2D eigenvalue weighted by Crippen LogP contribution is -2.44. The van der Waals surface area contributed by atoms with Crippen molar-refractivity contribution in [1.82, 2.24) is 10.6 Å². The number of benzene rings is 1. The highest BCUT2D eigenvalue weighted by Crippen LogP contribution is 2.05. The number of aryl methyl sites for hydroxylation is 1. The lowest BCUT2D eigenvalue weighted by atomic mass is 10.1. The highest BCUT2D eigenvalue weighted by molar-refractivity contribution is 5.97. The quantitative estimate of drug-likeness (QED) is 0.815. The van der Waals surface area contributed by atoms with Gasteiger partial charge in [-0.05, 0) is 32.9 Å². The first-order valence-electron chi connectivity index (χ1n) is 6.22. The van der Waals surface area contributed by atoms with Gasteiger partial charge in [-0.25, -0.2) is 9.59 Å². The van der Waals surface area contributed by atoms with E-state index in [-0.39, 0.29) is 6.04 Å². The molecule has 0 unspecified atom stereocenters. The van der Waals surface area contributed by atoms with Crippen LogP contribution in [0.5, 0.6) is 0 Å². The summed E-state index contributed by atoms with van der Waals surface area (Å²) in [7, 11) is 0. The maximum Gasteiger partial charge on any atom is 0.338 e. The van der Waals surface area contributed by atoms with Crippen LogP contribution in [-0.2, 0) is 9.53 Å². The van der Waals surface area contributed by atoms with Crippen LogP contribution in [0.4, 0.5) is 4.79 Å². The predicted octanol–water partition coefficient (Wildman–Crippen LogP) is 1.39. The molecule has 20 heavy (non-hydrogen) atoms. The number of ether oxygens (including phenoxy) is 1. The summed E-state index contributed by atoms with van der Waals surface area (Å²) in [5.74, 6) is -1.28. The molecule has 1 aromatic rings. The monoisotopic (exact) mass is 278 g/mol. The van der Waals surface area contributed by atoms with Gasteiger partial charge in [0.1, 0.15) is 0 Å². The number of hydrogen-bond donors (Lipinski definition) is 2. The highest BCUT2D eigenvalue weighted by Gasteiger charge is 2.12. The maximum absolute atomic E-state index is 11.7. The van der Waals surface area contributed by atoms with E-state index in [4.69, 9.17) is 4.74 Å². The molecule has 0 bridgehead atoms. The van der Waals surface area contributed by atoms with Crippen LogP contribution in [0, 0.1) is 6.92 Å². The molecule has 0 saturated carbocycles. The van der Waals surface area contributed by atoms with Crippen molar-refractivity contribution >= 4 is 17.9 Å². The van der Waals surface area contributed by atoms with Gasteiger partial charge in [-0.15, -0.1) is 0 Å². The van der Waals surface area contributed by atoms with Gasteiger partial charge in [0, 0.05) is 6.04 Å². The smallest absolute Gasteiger partial charge is 0.338 e. The summed E-state index contributed by atoms with van der Waals surface area (Å²) in [6.07, 6.45) is 0. The molecule has 0 aliphatic heterocycles. The summed E-state index contributed by atoms with van der Waals surface area (Å²) in [4.78, 5) is 34.3. The Morgan fingerprint density at radius 2 is 1.95 bits per heavy atom. The van der Waals surface area contributed by atoms with E-state index in [0.29, 0.717) is 5.56 Å². The normalized spacial score (nSPS) is 10.0. The van der Waals surface area contributed by atoms with Crippen molar-refractivity contribution in [3.63, 3.8) is 0 Å². The van der Waals surface area contributed by atoms with Gasteiger partial charge in [-0.2, -0.15) is 0 Å². The van der Waals surface area contributed by atoms with Crippen molar-refractivity contribution in [3.8, 4) is 0 Å². The van der Waals surface area contributed by atoms with Crippen molar-refractivity contribution in [2.75, 3.05) is 6.61 Å².